The van der Waals surface area contributed by atoms with E-state index in [4.69, 9.17) is 21.2 Å². The third-order valence-electron chi connectivity index (χ3n) is 5.20. The van der Waals surface area contributed by atoms with Gasteiger partial charge in [-0.25, -0.2) is 5.06 Å². The Morgan fingerprint density at radius 1 is 1.00 bits per heavy atom. The number of benzene rings is 2. The zero-order valence-electron chi connectivity index (χ0n) is 15.8. The van der Waals surface area contributed by atoms with Crippen molar-refractivity contribution in [1.29, 1.82) is 0 Å². The summed E-state index contributed by atoms with van der Waals surface area (Å²) in [5, 5.41) is 2.25. The lowest BCUT2D eigenvalue weighted by Crippen LogP contribution is -2.41. The van der Waals surface area contributed by atoms with Gasteiger partial charge in [0, 0.05) is 11.1 Å². The highest BCUT2D eigenvalue weighted by Gasteiger charge is 2.60. The molecule has 2 heterocycles. The number of nitrogens with zero attached hydrogens (tertiary/aromatic N) is 2. The van der Waals surface area contributed by atoms with Crippen LogP contribution < -0.4 is 9.80 Å². The van der Waals surface area contributed by atoms with Gasteiger partial charge in [-0.2, -0.15) is 0 Å². The minimum atomic E-state index is -0.835. The number of fused-ring (bicyclic) bond motifs is 1. The van der Waals surface area contributed by atoms with E-state index in [1.54, 1.807) is 24.3 Å². The van der Waals surface area contributed by atoms with Crippen LogP contribution in [0.4, 0.5) is 5.69 Å². The van der Waals surface area contributed by atoms with E-state index in [-0.39, 0.29) is 17.9 Å². The molecule has 0 aliphatic carbocycles. The molecule has 2 aromatic carbocycles. The van der Waals surface area contributed by atoms with Crippen LogP contribution in [0.3, 0.4) is 0 Å². The fraction of sp³-hybridized carbons (Fsp3) is 0.333. The molecule has 146 valence electrons. The van der Waals surface area contributed by atoms with Crippen molar-refractivity contribution >= 4 is 29.1 Å². The number of likely N-dealkylation sites (tertiary alicyclic amines) is 1. The van der Waals surface area contributed by atoms with Crippen LogP contribution in [0.2, 0.25) is 5.02 Å². The first-order valence-electron chi connectivity index (χ1n) is 9.15. The number of hydrogen-bond acceptors (Lipinski definition) is 5. The summed E-state index contributed by atoms with van der Waals surface area (Å²) in [4.78, 5) is 33.3. The third kappa shape index (κ3) is 2.93. The van der Waals surface area contributed by atoms with E-state index in [1.165, 1.54) is 4.90 Å². The molecule has 2 aliphatic rings. The Hall–Kier alpha value is -2.57. The van der Waals surface area contributed by atoms with Gasteiger partial charge in [0.25, 0.3) is 5.91 Å². The number of rotatable bonds is 4. The van der Waals surface area contributed by atoms with Gasteiger partial charge in [-0.1, -0.05) is 23.7 Å². The zero-order chi connectivity index (χ0) is 20.0. The lowest BCUT2D eigenvalue weighted by atomic mass is 9.90. The van der Waals surface area contributed by atoms with Crippen LogP contribution in [0.1, 0.15) is 25.5 Å². The number of anilines is 1. The number of methoxy groups -OCH3 is 1. The van der Waals surface area contributed by atoms with Crippen LogP contribution in [0.5, 0.6) is 5.75 Å². The number of amides is 2. The third-order valence-corrected chi connectivity index (χ3v) is 5.46. The molecule has 4 rings (SSSR count). The number of carbonyl (C=O) groups is 2. The Bertz CT molecular complexity index is 898. The number of ether oxygens (including phenoxy) is 1. The van der Waals surface area contributed by atoms with Crippen LogP contribution in [0.25, 0.3) is 0 Å². The molecule has 2 aromatic rings. The van der Waals surface area contributed by atoms with Crippen molar-refractivity contribution in [1.82, 2.24) is 4.90 Å². The van der Waals surface area contributed by atoms with Gasteiger partial charge in [-0.05, 0) is 55.8 Å². The minimum absolute atomic E-state index is 0.206. The first-order valence-corrected chi connectivity index (χ1v) is 9.52. The Labute approximate surface area is 168 Å². The molecule has 0 aromatic heterocycles. The molecule has 2 saturated heterocycles. The molecule has 0 spiro atoms. The van der Waals surface area contributed by atoms with Crippen LogP contribution in [0, 0.1) is 5.92 Å². The maximum Gasteiger partial charge on any atom is 0.262 e. The maximum atomic E-state index is 13.1. The van der Waals surface area contributed by atoms with Crippen molar-refractivity contribution in [3.05, 3.63) is 59.1 Å². The Kier molecular flexibility index (Phi) is 4.77. The predicted octanol–water partition coefficient (Wildman–Crippen LogP) is 3.60. The summed E-state index contributed by atoms with van der Waals surface area (Å²) in [7, 11) is 1.60. The number of carbonyl (C=O) groups excluding carboxylic acids is 2. The molecule has 0 saturated carbocycles. The molecule has 3 atom stereocenters. The monoisotopic (exact) mass is 400 g/mol. The standard InChI is InChI=1S/C21H21ClN2O4/c1-12(2)23-20(25)17-18(13-4-10-16(27-3)11-5-13)24(28-19(17)21(23)26)15-8-6-14(22)7-9-15/h4-12,17-19H,1-3H3/t17-,18+,19+/m1/s1. The highest BCUT2D eigenvalue weighted by atomic mass is 35.5. The molecule has 28 heavy (non-hydrogen) atoms. The minimum Gasteiger partial charge on any atom is -0.497 e. The van der Waals surface area contributed by atoms with E-state index in [2.05, 4.69) is 0 Å². The summed E-state index contributed by atoms with van der Waals surface area (Å²) in [5.41, 5.74) is 1.60. The second kappa shape index (κ2) is 7.11. The summed E-state index contributed by atoms with van der Waals surface area (Å²) in [6.45, 7) is 3.66. The normalized spacial score (nSPS) is 24.2. The van der Waals surface area contributed by atoms with Gasteiger partial charge in [0.1, 0.15) is 11.7 Å². The fourth-order valence-electron chi connectivity index (χ4n) is 3.90. The van der Waals surface area contributed by atoms with Gasteiger partial charge in [0.2, 0.25) is 5.91 Å². The molecule has 2 amide bonds. The van der Waals surface area contributed by atoms with Crippen molar-refractivity contribution in [2.45, 2.75) is 32.0 Å². The van der Waals surface area contributed by atoms with Gasteiger partial charge in [0.05, 0.1) is 18.8 Å². The van der Waals surface area contributed by atoms with Gasteiger partial charge >= 0.3 is 0 Å². The highest BCUT2D eigenvalue weighted by molar-refractivity contribution is 6.30. The highest BCUT2D eigenvalue weighted by Crippen LogP contribution is 2.47. The molecule has 0 N–H and O–H groups in total. The largest absolute Gasteiger partial charge is 0.497 e. The average Bonchev–Trinajstić information content (AvgIpc) is 3.19. The Morgan fingerprint density at radius 3 is 2.21 bits per heavy atom. The lowest BCUT2D eigenvalue weighted by Gasteiger charge is -2.29. The summed E-state index contributed by atoms with van der Waals surface area (Å²) in [6, 6.07) is 14.0. The van der Waals surface area contributed by atoms with Gasteiger partial charge < -0.3 is 4.74 Å². The van der Waals surface area contributed by atoms with E-state index in [0.717, 1.165) is 17.0 Å². The first kappa shape index (κ1) is 18.8. The molecule has 0 unspecified atom stereocenters. The fourth-order valence-corrected chi connectivity index (χ4v) is 4.02. The van der Waals surface area contributed by atoms with Crippen molar-refractivity contribution in [3.8, 4) is 5.75 Å². The van der Waals surface area contributed by atoms with Crippen molar-refractivity contribution < 1.29 is 19.2 Å². The molecule has 2 aliphatic heterocycles. The topological polar surface area (TPSA) is 59.1 Å². The molecule has 0 bridgehead atoms. The second-order valence-electron chi connectivity index (χ2n) is 7.21. The zero-order valence-corrected chi connectivity index (χ0v) is 16.6. The first-order chi connectivity index (χ1) is 13.4. The molecule has 2 fully saturated rings. The smallest absolute Gasteiger partial charge is 0.262 e. The quantitative estimate of drug-likeness (QED) is 0.734. The number of hydroxylamine groups is 1. The molecular formula is C21H21ClN2O4. The van der Waals surface area contributed by atoms with E-state index in [0.29, 0.717) is 5.02 Å². The number of hydrogen-bond donors (Lipinski definition) is 0. The van der Waals surface area contributed by atoms with Crippen LogP contribution >= 0.6 is 11.6 Å². The number of imide groups is 1. The van der Waals surface area contributed by atoms with Gasteiger partial charge in [-0.3, -0.25) is 19.3 Å². The van der Waals surface area contributed by atoms with Crippen LogP contribution in [-0.2, 0) is 14.4 Å². The van der Waals surface area contributed by atoms with Crippen LogP contribution in [0.15, 0.2) is 48.5 Å². The van der Waals surface area contributed by atoms with Crippen LogP contribution in [-0.4, -0.2) is 36.0 Å². The van der Waals surface area contributed by atoms with Crippen molar-refractivity contribution in [2.75, 3.05) is 12.2 Å². The summed E-state index contributed by atoms with van der Waals surface area (Å²) >= 11 is 6.01. The van der Waals surface area contributed by atoms with Crippen molar-refractivity contribution in [3.63, 3.8) is 0 Å². The second-order valence-corrected chi connectivity index (χ2v) is 7.65. The molecule has 0 radical (unpaired) electrons. The van der Waals surface area contributed by atoms with E-state index >= 15 is 0 Å². The molecule has 6 nitrogen and oxygen atoms in total. The molecule has 7 heteroatoms. The van der Waals surface area contributed by atoms with Gasteiger partial charge in [-0.15, -0.1) is 0 Å². The summed E-state index contributed by atoms with van der Waals surface area (Å²) in [5.74, 6) is -0.392. The lowest BCUT2D eigenvalue weighted by molar-refractivity contribution is -0.145. The maximum absolute atomic E-state index is 13.1. The molecular weight excluding hydrogens is 380 g/mol. The summed E-state index contributed by atoms with van der Waals surface area (Å²) < 4.78 is 5.24. The summed E-state index contributed by atoms with van der Waals surface area (Å²) in [6.07, 6.45) is -0.835. The SMILES string of the molecule is COc1ccc([C@H]2[C@H]3C(=O)N(C(C)C)C(=O)[C@H]3ON2c2ccc(Cl)cc2)cc1. The predicted molar refractivity (Wildman–Crippen MR) is 105 cm³/mol. The van der Waals surface area contributed by atoms with E-state index in [1.807, 2.05) is 50.2 Å². The number of halogens is 1. The van der Waals surface area contributed by atoms with E-state index < -0.39 is 18.1 Å². The average molecular weight is 401 g/mol. The van der Waals surface area contributed by atoms with Crippen molar-refractivity contribution in [2.24, 2.45) is 5.92 Å². The Morgan fingerprint density at radius 2 is 1.64 bits per heavy atom. The van der Waals surface area contributed by atoms with E-state index in [9.17, 15) is 9.59 Å². The Balaban J connectivity index is 1.78. The van der Waals surface area contributed by atoms with Gasteiger partial charge in [0.15, 0.2) is 6.10 Å².